The molecule has 0 bridgehead atoms. The average Bonchev–Trinajstić information content (AvgIpc) is 2.67. The second kappa shape index (κ2) is 5.90. The fourth-order valence-electron chi connectivity index (χ4n) is 2.05. The van der Waals surface area contributed by atoms with Crippen LogP contribution in [0.15, 0.2) is 18.2 Å². The van der Waals surface area contributed by atoms with Crippen LogP contribution < -0.4 is 10.6 Å². The van der Waals surface area contributed by atoms with Crippen LogP contribution in [0.2, 0.25) is 5.02 Å². The molecule has 21 heavy (non-hydrogen) atoms. The molecule has 1 aliphatic heterocycles. The van der Waals surface area contributed by atoms with Gasteiger partial charge in [0, 0.05) is 16.8 Å². The van der Waals surface area contributed by atoms with Crippen LogP contribution in [-0.4, -0.2) is 43.1 Å². The summed E-state index contributed by atoms with van der Waals surface area (Å²) < 4.78 is 22.6. The molecule has 114 valence electrons. The van der Waals surface area contributed by atoms with Crippen LogP contribution in [0, 0.1) is 0 Å². The highest BCUT2D eigenvalue weighted by molar-refractivity contribution is 7.91. The first-order valence-corrected chi connectivity index (χ1v) is 8.27. The molecule has 2 amide bonds. The quantitative estimate of drug-likeness (QED) is 0.773. The lowest BCUT2D eigenvalue weighted by Crippen LogP contribution is -2.38. The van der Waals surface area contributed by atoms with E-state index >= 15 is 0 Å². The van der Waals surface area contributed by atoms with Crippen molar-refractivity contribution >= 4 is 39.1 Å². The Morgan fingerprint density at radius 2 is 2.00 bits per heavy atom. The van der Waals surface area contributed by atoms with Crippen LogP contribution in [0.1, 0.15) is 16.8 Å². The molecular formula is C12H13ClN2O5S. The summed E-state index contributed by atoms with van der Waals surface area (Å²) in [4.78, 5) is 22.7. The van der Waals surface area contributed by atoms with Gasteiger partial charge >= 0.3 is 12.0 Å². The van der Waals surface area contributed by atoms with Gasteiger partial charge in [0.15, 0.2) is 9.84 Å². The van der Waals surface area contributed by atoms with E-state index in [1.54, 1.807) is 0 Å². The van der Waals surface area contributed by atoms with Gasteiger partial charge in [0.1, 0.15) is 0 Å². The molecule has 1 aliphatic rings. The minimum atomic E-state index is -3.08. The van der Waals surface area contributed by atoms with E-state index in [0.29, 0.717) is 6.42 Å². The monoisotopic (exact) mass is 332 g/mol. The van der Waals surface area contributed by atoms with Gasteiger partial charge in [-0.15, -0.1) is 0 Å². The van der Waals surface area contributed by atoms with Crippen LogP contribution >= 0.6 is 11.6 Å². The summed E-state index contributed by atoms with van der Waals surface area (Å²) in [6, 6.07) is 2.89. The zero-order chi connectivity index (χ0) is 15.6. The van der Waals surface area contributed by atoms with Gasteiger partial charge in [0.2, 0.25) is 0 Å². The number of sulfone groups is 1. The Kier molecular flexibility index (Phi) is 4.38. The number of hydrogen-bond donors (Lipinski definition) is 3. The maximum Gasteiger partial charge on any atom is 0.335 e. The Labute approximate surface area is 126 Å². The van der Waals surface area contributed by atoms with Gasteiger partial charge in [0.05, 0.1) is 17.1 Å². The summed E-state index contributed by atoms with van der Waals surface area (Å²) in [5.41, 5.74) is 0.166. The largest absolute Gasteiger partial charge is 0.478 e. The number of benzene rings is 1. The highest BCUT2D eigenvalue weighted by atomic mass is 35.5. The van der Waals surface area contributed by atoms with Crippen LogP contribution in [0.4, 0.5) is 10.5 Å². The van der Waals surface area contributed by atoms with E-state index in [-0.39, 0.29) is 27.8 Å². The van der Waals surface area contributed by atoms with Gasteiger partial charge in [-0.25, -0.2) is 18.0 Å². The SMILES string of the molecule is O=C(Nc1cc(Cl)cc(C(=O)O)c1)NC1CCS(=O)(=O)C1. The Bertz CT molecular complexity index is 689. The number of carboxylic acids is 1. The number of urea groups is 1. The second-order valence-electron chi connectivity index (χ2n) is 4.73. The van der Waals surface area contributed by atoms with Crippen LogP contribution in [0.3, 0.4) is 0 Å². The van der Waals surface area contributed by atoms with E-state index in [4.69, 9.17) is 16.7 Å². The molecule has 1 aromatic carbocycles. The van der Waals surface area contributed by atoms with Crippen molar-refractivity contribution in [2.24, 2.45) is 0 Å². The Hall–Kier alpha value is -1.80. The van der Waals surface area contributed by atoms with Gasteiger partial charge in [-0.1, -0.05) is 11.6 Å². The summed E-state index contributed by atoms with van der Waals surface area (Å²) in [6.45, 7) is 0. The molecule has 0 aliphatic carbocycles. The standard InChI is InChI=1S/C12H13ClN2O5S/c13-8-3-7(11(16)17)4-10(5-8)15-12(18)14-9-1-2-21(19,20)6-9/h3-5,9H,1-2,6H2,(H,16,17)(H2,14,15,18). The van der Waals surface area contributed by atoms with Gasteiger partial charge in [-0.2, -0.15) is 0 Å². The van der Waals surface area contributed by atoms with Crippen LogP contribution in [-0.2, 0) is 9.84 Å². The minimum Gasteiger partial charge on any atom is -0.478 e. The Balaban J connectivity index is 2.01. The molecule has 7 nitrogen and oxygen atoms in total. The van der Waals surface area contributed by atoms with Crippen molar-refractivity contribution < 1.29 is 23.1 Å². The van der Waals surface area contributed by atoms with E-state index in [2.05, 4.69) is 10.6 Å². The fraction of sp³-hybridized carbons (Fsp3) is 0.333. The molecule has 1 fully saturated rings. The molecule has 0 spiro atoms. The van der Waals surface area contributed by atoms with E-state index in [9.17, 15) is 18.0 Å². The number of rotatable bonds is 3. The number of halogens is 1. The third kappa shape index (κ3) is 4.33. The zero-order valence-corrected chi connectivity index (χ0v) is 12.4. The first kappa shape index (κ1) is 15.6. The Morgan fingerprint density at radius 1 is 1.29 bits per heavy atom. The lowest BCUT2D eigenvalue weighted by molar-refractivity contribution is 0.0697. The van der Waals surface area contributed by atoms with E-state index in [1.165, 1.54) is 18.2 Å². The molecule has 2 rings (SSSR count). The molecule has 1 aromatic rings. The lowest BCUT2D eigenvalue weighted by atomic mass is 10.2. The molecule has 9 heteroatoms. The predicted molar refractivity (Wildman–Crippen MR) is 77.6 cm³/mol. The topological polar surface area (TPSA) is 113 Å². The summed E-state index contributed by atoms with van der Waals surface area (Å²) >= 11 is 5.77. The molecule has 1 unspecified atom stereocenters. The molecule has 0 radical (unpaired) electrons. The number of carbonyl (C=O) groups excluding carboxylic acids is 1. The van der Waals surface area contributed by atoms with Crippen molar-refractivity contribution in [1.29, 1.82) is 0 Å². The molecule has 0 saturated carbocycles. The smallest absolute Gasteiger partial charge is 0.335 e. The van der Waals surface area contributed by atoms with Crippen molar-refractivity contribution in [2.75, 3.05) is 16.8 Å². The normalized spacial score (nSPS) is 20.0. The van der Waals surface area contributed by atoms with Crippen molar-refractivity contribution in [3.63, 3.8) is 0 Å². The average molecular weight is 333 g/mol. The number of carboxylic acid groups (broad SMARTS) is 1. The first-order chi connectivity index (χ1) is 9.75. The molecule has 0 aromatic heterocycles. The number of carbonyl (C=O) groups is 2. The highest BCUT2D eigenvalue weighted by Gasteiger charge is 2.28. The third-order valence-corrected chi connectivity index (χ3v) is 4.96. The minimum absolute atomic E-state index is 0.0538. The van der Waals surface area contributed by atoms with Gasteiger partial charge in [-0.05, 0) is 24.6 Å². The number of amides is 2. The maximum absolute atomic E-state index is 11.8. The van der Waals surface area contributed by atoms with E-state index in [0.717, 1.165) is 0 Å². The summed E-state index contributed by atoms with van der Waals surface area (Å²) in [5, 5.41) is 14.0. The van der Waals surface area contributed by atoms with Crippen molar-refractivity contribution in [1.82, 2.24) is 5.32 Å². The zero-order valence-electron chi connectivity index (χ0n) is 10.8. The van der Waals surface area contributed by atoms with Crippen LogP contribution in [0.5, 0.6) is 0 Å². The number of nitrogens with one attached hydrogen (secondary N) is 2. The van der Waals surface area contributed by atoms with Gasteiger partial charge in [0.25, 0.3) is 0 Å². The number of aromatic carboxylic acids is 1. The number of anilines is 1. The first-order valence-electron chi connectivity index (χ1n) is 6.07. The van der Waals surface area contributed by atoms with Crippen LogP contribution in [0.25, 0.3) is 0 Å². The summed E-state index contributed by atoms with van der Waals surface area (Å²) in [7, 11) is -3.08. The summed E-state index contributed by atoms with van der Waals surface area (Å²) in [5.74, 6) is -1.20. The molecule has 1 heterocycles. The van der Waals surface area contributed by atoms with Gasteiger partial charge in [-0.3, -0.25) is 0 Å². The Morgan fingerprint density at radius 3 is 2.57 bits per heavy atom. The molecule has 1 saturated heterocycles. The second-order valence-corrected chi connectivity index (χ2v) is 7.40. The van der Waals surface area contributed by atoms with Crippen molar-refractivity contribution in [2.45, 2.75) is 12.5 Å². The lowest BCUT2D eigenvalue weighted by Gasteiger charge is -2.12. The van der Waals surface area contributed by atoms with Crippen molar-refractivity contribution in [3.8, 4) is 0 Å². The van der Waals surface area contributed by atoms with E-state index in [1.807, 2.05) is 0 Å². The fourth-order valence-corrected chi connectivity index (χ4v) is 3.96. The molecular weight excluding hydrogens is 320 g/mol. The van der Waals surface area contributed by atoms with Crippen molar-refractivity contribution in [3.05, 3.63) is 28.8 Å². The molecule has 3 N–H and O–H groups in total. The predicted octanol–water partition coefficient (Wildman–Crippen LogP) is 1.35. The van der Waals surface area contributed by atoms with E-state index < -0.39 is 27.9 Å². The highest BCUT2D eigenvalue weighted by Crippen LogP contribution is 2.19. The maximum atomic E-state index is 11.8. The number of hydrogen-bond acceptors (Lipinski definition) is 4. The summed E-state index contributed by atoms with van der Waals surface area (Å²) in [6.07, 6.45) is 0.367. The van der Waals surface area contributed by atoms with Gasteiger partial charge < -0.3 is 15.7 Å². The molecule has 1 atom stereocenters. The third-order valence-electron chi connectivity index (χ3n) is 2.97.